The summed E-state index contributed by atoms with van der Waals surface area (Å²) in [5.74, 6) is -11.4. The average Bonchev–Trinajstić information content (AvgIpc) is 2.55. The molecular weight excluding hydrogens is 327 g/mol. The van der Waals surface area contributed by atoms with E-state index in [-0.39, 0.29) is 0 Å². The molecule has 2 rings (SSSR count). The Kier molecular flexibility index (Phi) is 5.05. The standard InChI is InChI=1S/C13H13F5N2OS/c1-19-13(22)20-4-2-6(3-5-20)21-12-10(17)8(15)7(14)9(16)11(12)18/h6H,2-5H2,1H3,(H,19,22). The molecule has 22 heavy (non-hydrogen) atoms. The van der Waals surface area contributed by atoms with Gasteiger partial charge in [0.1, 0.15) is 6.10 Å². The predicted octanol–water partition coefficient (Wildman–Crippen LogP) is 2.73. The van der Waals surface area contributed by atoms with Crippen LogP contribution in [0.1, 0.15) is 12.8 Å². The second-order valence-electron chi connectivity index (χ2n) is 4.76. The molecule has 0 spiro atoms. The normalized spacial score (nSPS) is 15.8. The molecule has 0 saturated carbocycles. The van der Waals surface area contributed by atoms with Crippen molar-refractivity contribution in [3.8, 4) is 5.75 Å². The van der Waals surface area contributed by atoms with Crippen molar-refractivity contribution in [1.82, 2.24) is 10.2 Å². The van der Waals surface area contributed by atoms with E-state index in [0.29, 0.717) is 31.0 Å². The van der Waals surface area contributed by atoms with Crippen molar-refractivity contribution in [1.29, 1.82) is 0 Å². The molecule has 1 saturated heterocycles. The molecule has 1 aromatic carbocycles. The Balaban J connectivity index is 2.12. The highest BCUT2D eigenvalue weighted by atomic mass is 32.1. The molecule has 1 aromatic rings. The number of benzene rings is 1. The van der Waals surface area contributed by atoms with Gasteiger partial charge in [-0.25, -0.2) is 13.2 Å². The molecule has 0 aromatic heterocycles. The molecule has 1 fully saturated rings. The number of halogens is 5. The maximum Gasteiger partial charge on any atom is 0.207 e. The number of likely N-dealkylation sites (tertiary alicyclic amines) is 1. The Labute approximate surface area is 129 Å². The van der Waals surface area contributed by atoms with Crippen LogP contribution in [0.25, 0.3) is 0 Å². The number of thiocarbonyl (C=S) groups is 1. The number of piperidine rings is 1. The highest BCUT2D eigenvalue weighted by Crippen LogP contribution is 2.31. The largest absolute Gasteiger partial charge is 0.484 e. The maximum absolute atomic E-state index is 13.5. The van der Waals surface area contributed by atoms with Crippen molar-refractivity contribution < 1.29 is 26.7 Å². The number of nitrogens with zero attached hydrogens (tertiary/aromatic N) is 1. The Morgan fingerprint density at radius 1 is 1.00 bits per heavy atom. The lowest BCUT2D eigenvalue weighted by atomic mass is 10.1. The Bertz CT molecular complexity index is 561. The molecule has 1 aliphatic heterocycles. The number of hydrogen-bond donors (Lipinski definition) is 1. The van der Waals surface area contributed by atoms with Gasteiger partial charge in [0.05, 0.1) is 0 Å². The van der Waals surface area contributed by atoms with Crippen LogP contribution in [0.5, 0.6) is 5.75 Å². The molecular formula is C13H13F5N2OS. The number of hydrogen-bond acceptors (Lipinski definition) is 2. The van der Waals surface area contributed by atoms with Gasteiger partial charge < -0.3 is 15.0 Å². The SMILES string of the molecule is CNC(=S)N1CCC(Oc2c(F)c(F)c(F)c(F)c2F)CC1. The Morgan fingerprint density at radius 2 is 1.45 bits per heavy atom. The van der Waals surface area contributed by atoms with E-state index in [9.17, 15) is 22.0 Å². The summed E-state index contributed by atoms with van der Waals surface area (Å²) in [5.41, 5.74) is 0. The summed E-state index contributed by atoms with van der Waals surface area (Å²) in [5, 5.41) is 3.32. The second kappa shape index (κ2) is 6.64. The lowest BCUT2D eigenvalue weighted by Gasteiger charge is -2.33. The van der Waals surface area contributed by atoms with E-state index >= 15 is 0 Å². The molecule has 0 aliphatic carbocycles. The number of rotatable bonds is 2. The quantitative estimate of drug-likeness (QED) is 0.387. The average molecular weight is 340 g/mol. The summed E-state index contributed by atoms with van der Waals surface area (Å²) in [6, 6.07) is 0. The summed E-state index contributed by atoms with van der Waals surface area (Å²) in [4.78, 5) is 1.83. The zero-order chi connectivity index (χ0) is 16.4. The zero-order valence-electron chi connectivity index (χ0n) is 11.6. The lowest BCUT2D eigenvalue weighted by Crippen LogP contribution is -2.45. The van der Waals surface area contributed by atoms with Crippen LogP contribution >= 0.6 is 12.2 Å². The number of nitrogens with one attached hydrogen (secondary N) is 1. The van der Waals surface area contributed by atoms with Crippen LogP contribution in [-0.4, -0.2) is 36.3 Å². The van der Waals surface area contributed by atoms with E-state index in [1.54, 1.807) is 7.05 Å². The monoisotopic (exact) mass is 340 g/mol. The van der Waals surface area contributed by atoms with Crippen molar-refractivity contribution in [2.24, 2.45) is 0 Å². The van der Waals surface area contributed by atoms with E-state index in [1.807, 2.05) is 4.90 Å². The van der Waals surface area contributed by atoms with Gasteiger partial charge in [0.25, 0.3) is 0 Å². The van der Waals surface area contributed by atoms with Crippen LogP contribution in [0, 0.1) is 29.1 Å². The van der Waals surface area contributed by atoms with Gasteiger partial charge in [-0.2, -0.15) is 8.78 Å². The van der Waals surface area contributed by atoms with Gasteiger partial charge in [-0.1, -0.05) is 0 Å². The second-order valence-corrected chi connectivity index (χ2v) is 5.15. The first kappa shape index (κ1) is 16.7. The fourth-order valence-corrected chi connectivity index (χ4v) is 2.37. The summed E-state index contributed by atoms with van der Waals surface area (Å²) in [7, 11) is 1.67. The highest BCUT2D eigenvalue weighted by molar-refractivity contribution is 7.80. The highest BCUT2D eigenvalue weighted by Gasteiger charge is 2.30. The minimum Gasteiger partial charge on any atom is -0.484 e. The van der Waals surface area contributed by atoms with Crippen LogP contribution in [0.4, 0.5) is 22.0 Å². The first-order chi connectivity index (χ1) is 10.4. The van der Waals surface area contributed by atoms with Crippen LogP contribution in [0.2, 0.25) is 0 Å². The van der Waals surface area contributed by atoms with Gasteiger partial charge in [-0.15, -0.1) is 0 Å². The minimum atomic E-state index is -2.20. The topological polar surface area (TPSA) is 24.5 Å². The van der Waals surface area contributed by atoms with E-state index in [1.165, 1.54) is 0 Å². The summed E-state index contributed by atoms with van der Waals surface area (Å²) in [6.45, 7) is 0.916. The predicted molar refractivity (Wildman–Crippen MR) is 73.1 cm³/mol. The van der Waals surface area contributed by atoms with E-state index in [4.69, 9.17) is 17.0 Å². The van der Waals surface area contributed by atoms with Gasteiger partial charge in [0.2, 0.25) is 29.1 Å². The van der Waals surface area contributed by atoms with Crippen molar-refractivity contribution in [3.05, 3.63) is 29.1 Å². The maximum atomic E-state index is 13.5. The molecule has 122 valence electrons. The van der Waals surface area contributed by atoms with Crippen molar-refractivity contribution >= 4 is 17.3 Å². The molecule has 0 radical (unpaired) electrons. The third-order valence-corrected chi connectivity index (χ3v) is 3.86. The van der Waals surface area contributed by atoms with Crippen molar-refractivity contribution in [3.63, 3.8) is 0 Å². The van der Waals surface area contributed by atoms with Gasteiger partial charge in [-0.3, -0.25) is 0 Å². The third-order valence-electron chi connectivity index (χ3n) is 3.40. The summed E-state index contributed by atoms with van der Waals surface area (Å²) < 4.78 is 71.2. The zero-order valence-corrected chi connectivity index (χ0v) is 12.4. The van der Waals surface area contributed by atoms with E-state index in [2.05, 4.69) is 5.32 Å². The van der Waals surface area contributed by atoms with Crippen molar-refractivity contribution in [2.45, 2.75) is 18.9 Å². The summed E-state index contributed by atoms with van der Waals surface area (Å²) in [6.07, 6.45) is 0.0481. The fraction of sp³-hybridized carbons (Fsp3) is 0.462. The lowest BCUT2D eigenvalue weighted by molar-refractivity contribution is 0.117. The molecule has 1 N–H and O–H groups in total. The van der Waals surface area contributed by atoms with Gasteiger partial charge in [0, 0.05) is 33.0 Å². The van der Waals surface area contributed by atoms with Gasteiger partial charge in [0.15, 0.2) is 10.9 Å². The summed E-state index contributed by atoms with van der Waals surface area (Å²) >= 11 is 5.05. The molecule has 3 nitrogen and oxygen atoms in total. The molecule has 0 amide bonds. The molecule has 0 atom stereocenters. The van der Waals surface area contributed by atoms with Gasteiger partial charge in [-0.05, 0) is 12.2 Å². The molecule has 1 aliphatic rings. The van der Waals surface area contributed by atoms with Crippen LogP contribution in [0.3, 0.4) is 0 Å². The third kappa shape index (κ3) is 3.08. The van der Waals surface area contributed by atoms with Crippen molar-refractivity contribution in [2.75, 3.05) is 20.1 Å². The minimum absolute atomic E-state index is 0.349. The van der Waals surface area contributed by atoms with Crippen LogP contribution in [0.15, 0.2) is 0 Å². The molecule has 0 unspecified atom stereocenters. The van der Waals surface area contributed by atoms with E-state index in [0.717, 1.165) is 0 Å². The molecule has 1 heterocycles. The van der Waals surface area contributed by atoms with E-state index < -0.39 is 40.9 Å². The Hall–Kier alpha value is -1.64. The first-order valence-corrected chi connectivity index (χ1v) is 6.92. The van der Waals surface area contributed by atoms with Crippen LogP contribution in [-0.2, 0) is 0 Å². The number of ether oxygens (including phenoxy) is 1. The first-order valence-electron chi connectivity index (χ1n) is 6.51. The molecule has 0 bridgehead atoms. The Morgan fingerprint density at radius 3 is 1.91 bits per heavy atom. The molecule has 9 heteroatoms. The fourth-order valence-electron chi connectivity index (χ4n) is 2.19. The van der Waals surface area contributed by atoms with Gasteiger partial charge >= 0.3 is 0 Å². The smallest absolute Gasteiger partial charge is 0.207 e. The van der Waals surface area contributed by atoms with Crippen LogP contribution < -0.4 is 10.1 Å².